The third-order valence-corrected chi connectivity index (χ3v) is 2.77. The summed E-state index contributed by atoms with van der Waals surface area (Å²) in [5.74, 6) is 5.91. The van der Waals surface area contributed by atoms with E-state index in [4.69, 9.17) is 10.5 Å². The highest BCUT2D eigenvalue weighted by Gasteiger charge is 2.04. The van der Waals surface area contributed by atoms with Crippen LogP contribution < -0.4 is 10.5 Å². The van der Waals surface area contributed by atoms with Crippen molar-refractivity contribution in [2.45, 2.75) is 13.5 Å². The summed E-state index contributed by atoms with van der Waals surface area (Å²) in [7, 11) is 0. The minimum Gasteiger partial charge on any atom is -0.489 e. The number of rotatable bonds is 3. The fourth-order valence-corrected chi connectivity index (χ4v) is 1.76. The van der Waals surface area contributed by atoms with Crippen molar-refractivity contribution in [1.29, 1.82) is 0 Å². The Morgan fingerprint density at radius 2 is 2.05 bits per heavy atom. The van der Waals surface area contributed by atoms with Crippen molar-refractivity contribution in [2.75, 3.05) is 6.54 Å². The van der Waals surface area contributed by atoms with Gasteiger partial charge in [-0.15, -0.1) is 0 Å². The second kappa shape index (κ2) is 6.74. The van der Waals surface area contributed by atoms with Crippen LogP contribution in [0.4, 0.5) is 4.39 Å². The van der Waals surface area contributed by atoms with E-state index in [0.29, 0.717) is 11.1 Å². The molecule has 2 nitrogen and oxygen atoms in total. The first-order valence-electron chi connectivity index (χ1n) is 6.36. The predicted molar refractivity (Wildman–Crippen MR) is 77.8 cm³/mol. The molecule has 0 amide bonds. The van der Waals surface area contributed by atoms with Gasteiger partial charge in [-0.1, -0.05) is 30.0 Å². The summed E-state index contributed by atoms with van der Waals surface area (Å²) in [4.78, 5) is 0. The molecule has 0 aromatic heterocycles. The van der Waals surface area contributed by atoms with Crippen molar-refractivity contribution in [1.82, 2.24) is 0 Å². The standard InChI is InChI=1S/C17H16FNO/c1-13-4-2-6-16(10-13)20-12-15-8-7-14(5-3-9-19)11-17(15)18/h2,4,6-8,10-11H,9,12,19H2,1H3. The van der Waals surface area contributed by atoms with E-state index in [-0.39, 0.29) is 19.0 Å². The van der Waals surface area contributed by atoms with Gasteiger partial charge in [0.25, 0.3) is 0 Å². The molecule has 0 saturated carbocycles. The van der Waals surface area contributed by atoms with Crippen molar-refractivity contribution in [3.05, 3.63) is 65.0 Å². The van der Waals surface area contributed by atoms with E-state index in [1.54, 1.807) is 12.1 Å². The van der Waals surface area contributed by atoms with Gasteiger partial charge in [0.05, 0.1) is 6.54 Å². The van der Waals surface area contributed by atoms with Gasteiger partial charge in [0.15, 0.2) is 0 Å². The topological polar surface area (TPSA) is 35.2 Å². The highest BCUT2D eigenvalue weighted by Crippen LogP contribution is 2.16. The van der Waals surface area contributed by atoms with Crippen LogP contribution in [-0.4, -0.2) is 6.54 Å². The van der Waals surface area contributed by atoms with Crippen LogP contribution in [0, 0.1) is 24.6 Å². The minimum absolute atomic E-state index is 0.194. The van der Waals surface area contributed by atoms with Crippen LogP contribution in [0.25, 0.3) is 0 Å². The summed E-state index contributed by atoms with van der Waals surface area (Å²) in [6, 6.07) is 12.5. The zero-order valence-electron chi connectivity index (χ0n) is 11.3. The lowest BCUT2D eigenvalue weighted by molar-refractivity contribution is 0.299. The van der Waals surface area contributed by atoms with Crippen molar-refractivity contribution >= 4 is 0 Å². The van der Waals surface area contributed by atoms with E-state index in [9.17, 15) is 4.39 Å². The third-order valence-electron chi connectivity index (χ3n) is 2.77. The Labute approximate surface area is 118 Å². The van der Waals surface area contributed by atoms with E-state index < -0.39 is 0 Å². The Bertz CT molecular complexity index is 656. The highest BCUT2D eigenvalue weighted by molar-refractivity contribution is 5.37. The summed E-state index contributed by atoms with van der Waals surface area (Å²) in [5.41, 5.74) is 7.51. The molecule has 0 saturated heterocycles. The molecule has 0 radical (unpaired) electrons. The minimum atomic E-state index is -0.318. The molecule has 2 aromatic carbocycles. The molecule has 0 aliphatic rings. The van der Waals surface area contributed by atoms with Gasteiger partial charge in [-0.05, 0) is 36.8 Å². The Hall–Kier alpha value is -2.31. The maximum Gasteiger partial charge on any atom is 0.131 e. The number of nitrogens with two attached hydrogens (primary N) is 1. The molecule has 102 valence electrons. The number of ether oxygens (including phenoxy) is 1. The molecule has 0 unspecified atom stereocenters. The maximum atomic E-state index is 13.9. The Balaban J connectivity index is 2.06. The quantitative estimate of drug-likeness (QED) is 0.869. The third kappa shape index (κ3) is 3.84. The number of hydrogen-bond acceptors (Lipinski definition) is 2. The number of benzene rings is 2. The van der Waals surface area contributed by atoms with Crippen LogP contribution in [0.1, 0.15) is 16.7 Å². The number of halogens is 1. The van der Waals surface area contributed by atoms with E-state index in [1.165, 1.54) is 6.07 Å². The number of hydrogen-bond donors (Lipinski definition) is 1. The zero-order valence-corrected chi connectivity index (χ0v) is 11.3. The largest absolute Gasteiger partial charge is 0.489 e. The molecule has 0 aliphatic carbocycles. The Morgan fingerprint density at radius 1 is 1.20 bits per heavy atom. The molecule has 0 bridgehead atoms. The molecule has 0 aliphatic heterocycles. The van der Waals surface area contributed by atoms with Crippen LogP contribution in [0.5, 0.6) is 5.75 Å². The molecule has 0 atom stereocenters. The van der Waals surface area contributed by atoms with Crippen molar-refractivity contribution in [2.24, 2.45) is 5.73 Å². The Morgan fingerprint density at radius 3 is 2.75 bits per heavy atom. The molecule has 20 heavy (non-hydrogen) atoms. The van der Waals surface area contributed by atoms with Crippen molar-refractivity contribution in [3.8, 4) is 17.6 Å². The predicted octanol–water partition coefficient (Wildman–Crippen LogP) is 3.02. The first-order chi connectivity index (χ1) is 9.69. The maximum absolute atomic E-state index is 13.9. The lowest BCUT2D eigenvalue weighted by Crippen LogP contribution is -1.99. The van der Waals surface area contributed by atoms with Crippen LogP contribution in [0.15, 0.2) is 42.5 Å². The van der Waals surface area contributed by atoms with Gasteiger partial charge in [-0.3, -0.25) is 0 Å². The van der Waals surface area contributed by atoms with Gasteiger partial charge in [0.2, 0.25) is 0 Å². The average Bonchev–Trinajstić information content (AvgIpc) is 2.44. The molecule has 0 spiro atoms. The van der Waals surface area contributed by atoms with E-state index in [2.05, 4.69) is 11.8 Å². The SMILES string of the molecule is Cc1cccc(OCc2ccc(C#CCN)cc2F)c1. The smallest absolute Gasteiger partial charge is 0.131 e. The summed E-state index contributed by atoms with van der Waals surface area (Å²) in [6.07, 6.45) is 0. The van der Waals surface area contributed by atoms with E-state index in [0.717, 1.165) is 11.3 Å². The van der Waals surface area contributed by atoms with Crippen molar-refractivity contribution in [3.63, 3.8) is 0 Å². The summed E-state index contributed by atoms with van der Waals surface area (Å²) < 4.78 is 19.5. The van der Waals surface area contributed by atoms with Gasteiger partial charge < -0.3 is 10.5 Å². The summed E-state index contributed by atoms with van der Waals surface area (Å²) in [5, 5.41) is 0. The van der Waals surface area contributed by atoms with E-state index >= 15 is 0 Å². The van der Waals surface area contributed by atoms with Crippen LogP contribution in [0.2, 0.25) is 0 Å². The van der Waals surface area contributed by atoms with Crippen LogP contribution >= 0.6 is 0 Å². The first-order valence-corrected chi connectivity index (χ1v) is 6.36. The van der Waals surface area contributed by atoms with Gasteiger partial charge >= 0.3 is 0 Å². The van der Waals surface area contributed by atoms with Gasteiger partial charge in [0.1, 0.15) is 18.2 Å². The van der Waals surface area contributed by atoms with Crippen LogP contribution in [-0.2, 0) is 6.61 Å². The summed E-state index contributed by atoms with van der Waals surface area (Å²) >= 11 is 0. The molecular formula is C17H16FNO. The lowest BCUT2D eigenvalue weighted by atomic mass is 10.1. The van der Waals surface area contributed by atoms with Crippen molar-refractivity contribution < 1.29 is 9.13 Å². The Kier molecular flexibility index (Phi) is 4.75. The normalized spacial score (nSPS) is 9.75. The molecular weight excluding hydrogens is 253 g/mol. The average molecular weight is 269 g/mol. The lowest BCUT2D eigenvalue weighted by Gasteiger charge is -2.08. The van der Waals surface area contributed by atoms with Gasteiger partial charge in [-0.2, -0.15) is 0 Å². The first kappa shape index (κ1) is 14.1. The van der Waals surface area contributed by atoms with Gasteiger partial charge in [0, 0.05) is 11.1 Å². The molecule has 2 aromatic rings. The monoisotopic (exact) mass is 269 g/mol. The van der Waals surface area contributed by atoms with Crippen LogP contribution in [0.3, 0.4) is 0 Å². The number of aryl methyl sites for hydroxylation is 1. The molecule has 0 heterocycles. The second-order valence-electron chi connectivity index (χ2n) is 4.42. The molecule has 3 heteroatoms. The molecule has 2 N–H and O–H groups in total. The summed E-state index contributed by atoms with van der Waals surface area (Å²) in [6.45, 7) is 2.44. The zero-order chi connectivity index (χ0) is 14.4. The fourth-order valence-electron chi connectivity index (χ4n) is 1.76. The molecule has 2 rings (SSSR count). The fraction of sp³-hybridized carbons (Fsp3) is 0.176. The highest BCUT2D eigenvalue weighted by atomic mass is 19.1. The second-order valence-corrected chi connectivity index (χ2v) is 4.42. The molecule has 0 fully saturated rings. The van der Waals surface area contributed by atoms with Gasteiger partial charge in [-0.25, -0.2) is 4.39 Å². The van der Waals surface area contributed by atoms with E-state index in [1.807, 2.05) is 31.2 Å².